The Hall–Kier alpha value is -3.87. The number of ether oxygens (including phenoxy) is 1. The van der Waals surface area contributed by atoms with Crippen molar-refractivity contribution in [3.05, 3.63) is 78.4 Å². The van der Waals surface area contributed by atoms with Crippen molar-refractivity contribution in [2.75, 3.05) is 11.9 Å². The molecule has 7 nitrogen and oxygen atoms in total. The predicted molar refractivity (Wildman–Crippen MR) is 103 cm³/mol. The van der Waals surface area contributed by atoms with Gasteiger partial charge in [-0.05, 0) is 35.9 Å². The van der Waals surface area contributed by atoms with E-state index in [1.54, 1.807) is 30.7 Å². The number of benzene rings is 1. The molecule has 0 spiro atoms. The van der Waals surface area contributed by atoms with E-state index in [0.29, 0.717) is 23.7 Å². The van der Waals surface area contributed by atoms with Gasteiger partial charge in [-0.25, -0.2) is 0 Å². The molecule has 0 radical (unpaired) electrons. The van der Waals surface area contributed by atoms with E-state index in [2.05, 4.69) is 25.5 Å². The monoisotopic (exact) mass is 357 g/mol. The van der Waals surface area contributed by atoms with Crippen LogP contribution >= 0.6 is 0 Å². The van der Waals surface area contributed by atoms with Crippen LogP contribution in [0.25, 0.3) is 11.1 Å². The number of rotatable bonds is 4. The summed E-state index contributed by atoms with van der Waals surface area (Å²) in [5.41, 5.74) is 4.30. The molecule has 132 valence electrons. The number of carbonyl (C=O) groups excluding carboxylic acids is 1. The van der Waals surface area contributed by atoms with Crippen molar-refractivity contribution < 1.29 is 9.53 Å². The molecule has 0 saturated carbocycles. The summed E-state index contributed by atoms with van der Waals surface area (Å²) < 4.78 is 5.16. The van der Waals surface area contributed by atoms with Gasteiger partial charge in [0.25, 0.3) is 5.91 Å². The molecule has 0 saturated heterocycles. The van der Waals surface area contributed by atoms with Crippen LogP contribution in [0.4, 0.5) is 5.69 Å². The minimum absolute atomic E-state index is 0.294. The van der Waals surface area contributed by atoms with Crippen LogP contribution in [-0.2, 0) is 4.74 Å². The first-order valence-corrected chi connectivity index (χ1v) is 8.28. The lowest BCUT2D eigenvalue weighted by molar-refractivity contribution is 0.102. The molecular formula is C20H15N5O2. The van der Waals surface area contributed by atoms with Gasteiger partial charge in [-0.1, -0.05) is 18.2 Å². The molecule has 1 amide bonds. The molecule has 3 aromatic rings. The van der Waals surface area contributed by atoms with Gasteiger partial charge in [0.05, 0.1) is 0 Å². The first kappa shape index (κ1) is 16.6. The summed E-state index contributed by atoms with van der Waals surface area (Å²) >= 11 is 0. The van der Waals surface area contributed by atoms with Gasteiger partial charge in [-0.3, -0.25) is 14.8 Å². The Morgan fingerprint density at radius 3 is 2.74 bits per heavy atom. The molecular weight excluding hydrogens is 342 g/mol. The minimum Gasteiger partial charge on any atom is -0.475 e. The Morgan fingerprint density at radius 2 is 1.93 bits per heavy atom. The second kappa shape index (κ2) is 7.57. The molecule has 1 N–H and O–H groups in total. The third-order valence-electron chi connectivity index (χ3n) is 3.96. The summed E-state index contributed by atoms with van der Waals surface area (Å²) in [6.07, 6.45) is 6.37. The van der Waals surface area contributed by atoms with Crippen LogP contribution in [-0.4, -0.2) is 34.6 Å². The molecule has 1 aliphatic heterocycles. The molecule has 0 fully saturated rings. The van der Waals surface area contributed by atoms with Crippen LogP contribution in [0.15, 0.2) is 77.3 Å². The topological polar surface area (TPSA) is 88.8 Å². The van der Waals surface area contributed by atoms with Gasteiger partial charge in [0.2, 0.25) is 0 Å². The van der Waals surface area contributed by atoms with E-state index in [1.165, 1.54) is 6.40 Å². The maximum Gasteiger partial charge on any atom is 0.274 e. The van der Waals surface area contributed by atoms with Gasteiger partial charge in [-0.2, -0.15) is 0 Å². The Bertz CT molecular complexity index is 1030. The molecule has 0 aliphatic carbocycles. The quantitative estimate of drug-likeness (QED) is 0.777. The molecule has 2 aromatic heterocycles. The van der Waals surface area contributed by atoms with E-state index in [1.807, 2.05) is 36.4 Å². The highest BCUT2D eigenvalue weighted by Crippen LogP contribution is 2.19. The first-order valence-electron chi connectivity index (χ1n) is 8.28. The Morgan fingerprint density at radius 1 is 1.00 bits per heavy atom. The third kappa shape index (κ3) is 3.87. The lowest BCUT2D eigenvalue weighted by Crippen LogP contribution is -2.15. The number of nitrogens with one attached hydrogen (secondary N) is 1. The molecule has 0 bridgehead atoms. The van der Waals surface area contributed by atoms with Crippen LogP contribution in [0.1, 0.15) is 16.1 Å². The second-order valence-corrected chi connectivity index (χ2v) is 5.78. The summed E-state index contributed by atoms with van der Waals surface area (Å²) in [7, 11) is 0. The van der Waals surface area contributed by atoms with Gasteiger partial charge in [0, 0.05) is 35.4 Å². The van der Waals surface area contributed by atoms with Gasteiger partial charge < -0.3 is 10.1 Å². The average Bonchev–Trinajstić information content (AvgIpc) is 2.75. The second-order valence-electron chi connectivity index (χ2n) is 5.78. The van der Waals surface area contributed by atoms with E-state index in [-0.39, 0.29) is 5.91 Å². The van der Waals surface area contributed by atoms with Gasteiger partial charge in [0.1, 0.15) is 18.0 Å². The van der Waals surface area contributed by atoms with Crippen LogP contribution in [0.2, 0.25) is 0 Å². The molecule has 1 aliphatic rings. The number of anilines is 1. The maximum atomic E-state index is 12.6. The summed E-state index contributed by atoms with van der Waals surface area (Å²) in [5.74, 6) is -0.294. The predicted octanol–water partition coefficient (Wildman–Crippen LogP) is 3.16. The van der Waals surface area contributed by atoms with Crippen LogP contribution < -0.4 is 5.32 Å². The minimum atomic E-state index is -0.294. The summed E-state index contributed by atoms with van der Waals surface area (Å²) in [4.78, 5) is 20.9. The molecule has 4 rings (SSSR count). The Labute approximate surface area is 155 Å². The van der Waals surface area contributed by atoms with E-state index >= 15 is 0 Å². The molecule has 27 heavy (non-hydrogen) atoms. The SMILES string of the molecule is O=C(Nc1cccc(C2=NN=COC2)c1)c1cc(-c2cccnc2)ccn1. The maximum absolute atomic E-state index is 12.6. The van der Waals surface area contributed by atoms with Gasteiger partial charge >= 0.3 is 0 Å². The molecule has 0 unspecified atom stereocenters. The summed E-state index contributed by atoms with van der Waals surface area (Å²) in [6.45, 7) is 0.343. The van der Waals surface area contributed by atoms with Crippen LogP contribution in [0.3, 0.4) is 0 Å². The number of aromatic nitrogens is 2. The number of amides is 1. The standard InChI is InChI=1S/C20H15N5O2/c26-20(18-10-14(6-8-22-18)16-4-2-7-21-11-16)24-17-5-1-3-15(9-17)19-12-27-13-23-25-19/h1-11,13H,12H2,(H,24,26). The highest BCUT2D eigenvalue weighted by molar-refractivity contribution is 6.06. The van der Waals surface area contributed by atoms with Crippen molar-refractivity contribution in [1.82, 2.24) is 9.97 Å². The number of carbonyl (C=O) groups is 1. The van der Waals surface area contributed by atoms with Crippen molar-refractivity contribution >= 4 is 23.7 Å². The Balaban J connectivity index is 1.55. The average molecular weight is 357 g/mol. The molecule has 3 heterocycles. The zero-order valence-corrected chi connectivity index (χ0v) is 14.2. The number of nitrogens with zero attached hydrogens (tertiary/aromatic N) is 4. The van der Waals surface area contributed by atoms with Crippen molar-refractivity contribution in [2.45, 2.75) is 0 Å². The Kier molecular flexibility index (Phi) is 4.65. The number of hydrogen-bond donors (Lipinski definition) is 1. The third-order valence-corrected chi connectivity index (χ3v) is 3.96. The van der Waals surface area contributed by atoms with Crippen LogP contribution in [0, 0.1) is 0 Å². The number of hydrogen-bond acceptors (Lipinski definition) is 6. The van der Waals surface area contributed by atoms with Crippen molar-refractivity contribution in [1.29, 1.82) is 0 Å². The van der Waals surface area contributed by atoms with Crippen molar-refractivity contribution in [3.8, 4) is 11.1 Å². The lowest BCUT2D eigenvalue weighted by Gasteiger charge is -2.10. The first-order chi connectivity index (χ1) is 13.3. The van der Waals surface area contributed by atoms with E-state index in [0.717, 1.165) is 16.7 Å². The largest absolute Gasteiger partial charge is 0.475 e. The van der Waals surface area contributed by atoms with Crippen molar-refractivity contribution in [3.63, 3.8) is 0 Å². The van der Waals surface area contributed by atoms with E-state index in [9.17, 15) is 4.79 Å². The highest BCUT2D eigenvalue weighted by Gasteiger charge is 2.12. The zero-order valence-electron chi connectivity index (χ0n) is 14.2. The fourth-order valence-corrected chi connectivity index (χ4v) is 2.65. The van der Waals surface area contributed by atoms with E-state index in [4.69, 9.17) is 4.74 Å². The van der Waals surface area contributed by atoms with Crippen LogP contribution in [0.5, 0.6) is 0 Å². The summed E-state index contributed by atoms with van der Waals surface area (Å²) in [5, 5.41) is 10.7. The zero-order chi connectivity index (χ0) is 18.5. The molecule has 7 heteroatoms. The summed E-state index contributed by atoms with van der Waals surface area (Å²) in [6, 6.07) is 14.7. The van der Waals surface area contributed by atoms with Gasteiger partial charge in [-0.15, -0.1) is 10.2 Å². The lowest BCUT2D eigenvalue weighted by atomic mass is 10.1. The van der Waals surface area contributed by atoms with Crippen molar-refractivity contribution in [2.24, 2.45) is 10.2 Å². The van der Waals surface area contributed by atoms with E-state index < -0.39 is 0 Å². The highest BCUT2D eigenvalue weighted by atomic mass is 16.5. The fraction of sp³-hybridized carbons (Fsp3) is 0.0500. The fourth-order valence-electron chi connectivity index (χ4n) is 2.65. The smallest absolute Gasteiger partial charge is 0.274 e. The normalized spacial score (nSPS) is 12.8. The van der Waals surface area contributed by atoms with Gasteiger partial charge in [0.15, 0.2) is 6.40 Å². The number of pyridine rings is 2. The molecule has 0 atom stereocenters. The molecule has 1 aromatic carbocycles.